The van der Waals surface area contributed by atoms with Gasteiger partial charge in [0, 0.05) is 39.0 Å². The van der Waals surface area contributed by atoms with Crippen LogP contribution in [0, 0.1) is 22.7 Å². The number of unbranched alkanes of at least 4 members (excludes halogenated alkanes) is 1. The summed E-state index contributed by atoms with van der Waals surface area (Å²) in [5.74, 6) is 3.69. The third-order valence-electron chi connectivity index (χ3n) is 9.04. The van der Waals surface area contributed by atoms with Gasteiger partial charge < -0.3 is 9.64 Å². The highest BCUT2D eigenvalue weighted by Crippen LogP contribution is 2.59. The number of anilines is 1. The van der Waals surface area contributed by atoms with Crippen LogP contribution in [0.5, 0.6) is 0 Å². The van der Waals surface area contributed by atoms with Crippen LogP contribution < -0.4 is 4.90 Å². The zero-order valence-corrected chi connectivity index (χ0v) is 22.1. The minimum atomic E-state index is -0.190. The topological polar surface area (TPSA) is 71.5 Å². The van der Waals surface area contributed by atoms with E-state index in [1.54, 1.807) is 6.33 Å². The van der Waals surface area contributed by atoms with Crippen LogP contribution in [-0.4, -0.2) is 65.2 Å². The smallest absolute Gasteiger partial charge is 0.302 e. The molecule has 0 spiro atoms. The van der Waals surface area contributed by atoms with Gasteiger partial charge in [-0.25, -0.2) is 9.97 Å². The highest BCUT2D eigenvalue weighted by molar-refractivity contribution is 5.65. The van der Waals surface area contributed by atoms with Crippen molar-refractivity contribution in [2.45, 2.75) is 85.5 Å². The Balaban J connectivity index is 1.31. The molecule has 0 radical (unpaired) electrons. The van der Waals surface area contributed by atoms with Crippen molar-refractivity contribution in [2.24, 2.45) is 22.7 Å². The SMILES string of the molecule is CC(=O)OCCCCN1CCN(c2ncnc(C3CCC4C(C3)C(C)(C)CCC4(C)C)n2)CC1. The van der Waals surface area contributed by atoms with Crippen LogP contribution in [0.3, 0.4) is 0 Å². The first kappa shape index (κ1) is 25.3. The predicted molar refractivity (Wildman–Crippen MR) is 135 cm³/mol. The number of rotatable bonds is 7. The van der Waals surface area contributed by atoms with E-state index in [-0.39, 0.29) is 5.97 Å². The first-order chi connectivity index (χ1) is 16.2. The van der Waals surface area contributed by atoms with Crippen LogP contribution in [0.1, 0.15) is 91.3 Å². The van der Waals surface area contributed by atoms with Crippen LogP contribution >= 0.6 is 0 Å². The van der Waals surface area contributed by atoms with Gasteiger partial charge in [0.25, 0.3) is 0 Å². The number of hydrogen-bond donors (Lipinski definition) is 0. The molecule has 190 valence electrons. The number of ether oxygens (including phenoxy) is 1. The van der Waals surface area contributed by atoms with Crippen molar-refractivity contribution in [3.63, 3.8) is 0 Å². The van der Waals surface area contributed by atoms with Crippen LogP contribution in [-0.2, 0) is 9.53 Å². The lowest BCUT2D eigenvalue weighted by Crippen LogP contribution is -2.47. The first-order valence-electron chi connectivity index (χ1n) is 13.5. The Labute approximate surface area is 206 Å². The third-order valence-corrected chi connectivity index (χ3v) is 9.04. The molecule has 0 N–H and O–H groups in total. The maximum atomic E-state index is 10.9. The molecule has 1 aromatic heterocycles. The molecule has 2 saturated carbocycles. The molecule has 7 heteroatoms. The second-order valence-electron chi connectivity index (χ2n) is 12.2. The number of piperazine rings is 1. The van der Waals surface area contributed by atoms with Crippen molar-refractivity contribution in [3.05, 3.63) is 12.2 Å². The Morgan fingerprint density at radius 3 is 2.41 bits per heavy atom. The molecule has 3 atom stereocenters. The van der Waals surface area contributed by atoms with Crippen LogP contribution in [0.2, 0.25) is 0 Å². The molecule has 2 aliphatic carbocycles. The van der Waals surface area contributed by atoms with Gasteiger partial charge in [-0.05, 0) is 74.2 Å². The van der Waals surface area contributed by atoms with E-state index < -0.39 is 0 Å². The maximum absolute atomic E-state index is 10.9. The molecule has 1 aromatic rings. The minimum Gasteiger partial charge on any atom is -0.466 e. The standard InChI is InChI=1S/C27H45N5O2/c1-20(33)34-17-7-6-12-31-13-15-32(16-14-31)25-29-19-28-24(30-25)21-8-9-22-23(18-21)27(4,5)11-10-26(22,2)3/h19,21-23H,6-18H2,1-5H3. The average Bonchev–Trinajstić information content (AvgIpc) is 2.82. The predicted octanol–water partition coefficient (Wildman–Crippen LogP) is 4.68. The fourth-order valence-electron chi connectivity index (χ4n) is 6.69. The van der Waals surface area contributed by atoms with Crippen molar-refractivity contribution in [2.75, 3.05) is 44.2 Å². The van der Waals surface area contributed by atoms with E-state index in [2.05, 4.69) is 47.5 Å². The van der Waals surface area contributed by atoms with E-state index in [4.69, 9.17) is 9.72 Å². The van der Waals surface area contributed by atoms with Crippen molar-refractivity contribution in [3.8, 4) is 0 Å². The Morgan fingerprint density at radius 2 is 1.71 bits per heavy atom. The molecule has 34 heavy (non-hydrogen) atoms. The summed E-state index contributed by atoms with van der Waals surface area (Å²) in [5.41, 5.74) is 0.860. The summed E-state index contributed by atoms with van der Waals surface area (Å²) in [4.78, 5) is 29.9. The third kappa shape index (κ3) is 5.89. The Kier molecular flexibility index (Phi) is 7.80. The second kappa shape index (κ2) is 10.5. The number of fused-ring (bicyclic) bond motifs is 1. The van der Waals surface area contributed by atoms with Crippen molar-refractivity contribution in [1.29, 1.82) is 0 Å². The zero-order valence-electron chi connectivity index (χ0n) is 22.1. The van der Waals surface area contributed by atoms with Gasteiger partial charge in [0.1, 0.15) is 12.2 Å². The van der Waals surface area contributed by atoms with E-state index in [1.165, 1.54) is 39.0 Å². The monoisotopic (exact) mass is 471 g/mol. The molecule has 0 bridgehead atoms. The number of hydrogen-bond acceptors (Lipinski definition) is 7. The summed E-state index contributed by atoms with van der Waals surface area (Å²) < 4.78 is 5.03. The first-order valence-corrected chi connectivity index (χ1v) is 13.5. The lowest BCUT2D eigenvalue weighted by Gasteiger charge is -2.55. The van der Waals surface area contributed by atoms with Crippen molar-refractivity contribution >= 4 is 11.9 Å². The maximum Gasteiger partial charge on any atom is 0.302 e. The molecular formula is C27H45N5O2. The number of carbonyl (C=O) groups excluding carboxylic acids is 1. The molecule has 3 fully saturated rings. The number of esters is 1. The number of nitrogens with zero attached hydrogens (tertiary/aromatic N) is 5. The van der Waals surface area contributed by atoms with E-state index >= 15 is 0 Å². The lowest BCUT2D eigenvalue weighted by molar-refractivity contribution is -0.141. The molecule has 0 amide bonds. The van der Waals surface area contributed by atoms with Gasteiger partial charge in [0.15, 0.2) is 0 Å². The summed E-state index contributed by atoms with van der Waals surface area (Å²) in [6.07, 6.45) is 10.1. The van der Waals surface area contributed by atoms with E-state index in [0.717, 1.165) is 69.2 Å². The summed E-state index contributed by atoms with van der Waals surface area (Å²) in [5, 5.41) is 0. The normalized spacial score (nSPS) is 28.9. The second-order valence-corrected chi connectivity index (χ2v) is 12.2. The Morgan fingerprint density at radius 1 is 1.00 bits per heavy atom. The molecule has 2 heterocycles. The van der Waals surface area contributed by atoms with Crippen molar-refractivity contribution < 1.29 is 9.53 Å². The summed E-state index contributed by atoms with van der Waals surface area (Å²) >= 11 is 0. The summed E-state index contributed by atoms with van der Waals surface area (Å²) in [7, 11) is 0. The molecule has 7 nitrogen and oxygen atoms in total. The average molecular weight is 472 g/mol. The molecule has 4 rings (SSSR count). The van der Waals surface area contributed by atoms with E-state index in [0.29, 0.717) is 23.4 Å². The highest BCUT2D eigenvalue weighted by atomic mass is 16.5. The fraction of sp³-hybridized carbons (Fsp3) is 0.852. The highest BCUT2D eigenvalue weighted by Gasteiger charge is 2.50. The molecule has 3 unspecified atom stereocenters. The van der Waals surface area contributed by atoms with Crippen LogP contribution in [0.25, 0.3) is 0 Å². The quantitative estimate of drug-likeness (QED) is 0.422. The van der Waals surface area contributed by atoms with Gasteiger partial charge in [0.05, 0.1) is 6.61 Å². The molecule has 1 saturated heterocycles. The van der Waals surface area contributed by atoms with Gasteiger partial charge in [0.2, 0.25) is 5.95 Å². The number of carbonyl (C=O) groups is 1. The zero-order chi connectivity index (χ0) is 24.3. The fourth-order valence-corrected chi connectivity index (χ4v) is 6.69. The Hall–Kier alpha value is -1.76. The van der Waals surface area contributed by atoms with E-state index in [1.807, 2.05) is 0 Å². The minimum absolute atomic E-state index is 0.190. The van der Waals surface area contributed by atoms with Gasteiger partial charge in [-0.15, -0.1) is 0 Å². The van der Waals surface area contributed by atoms with Gasteiger partial charge in [-0.2, -0.15) is 4.98 Å². The van der Waals surface area contributed by atoms with Gasteiger partial charge in [-0.3, -0.25) is 9.69 Å². The van der Waals surface area contributed by atoms with E-state index in [9.17, 15) is 4.79 Å². The summed E-state index contributed by atoms with van der Waals surface area (Å²) in [6, 6.07) is 0. The van der Waals surface area contributed by atoms with Crippen molar-refractivity contribution in [1.82, 2.24) is 19.9 Å². The number of aromatic nitrogens is 3. The summed E-state index contributed by atoms with van der Waals surface area (Å²) in [6.45, 7) is 16.9. The lowest BCUT2D eigenvalue weighted by atomic mass is 9.50. The van der Waals surface area contributed by atoms with Crippen LogP contribution in [0.15, 0.2) is 6.33 Å². The molecule has 3 aliphatic rings. The largest absolute Gasteiger partial charge is 0.466 e. The van der Waals surface area contributed by atoms with Gasteiger partial charge in [-0.1, -0.05) is 27.7 Å². The molecular weight excluding hydrogens is 426 g/mol. The molecule has 1 aliphatic heterocycles. The van der Waals surface area contributed by atoms with Gasteiger partial charge >= 0.3 is 5.97 Å². The Bertz CT molecular complexity index is 834. The molecule has 0 aromatic carbocycles. The van der Waals surface area contributed by atoms with Crippen LogP contribution in [0.4, 0.5) is 5.95 Å².